The van der Waals surface area contributed by atoms with E-state index < -0.39 is 12.0 Å². The van der Waals surface area contributed by atoms with E-state index in [2.05, 4.69) is 5.32 Å². The van der Waals surface area contributed by atoms with E-state index >= 15 is 0 Å². The van der Waals surface area contributed by atoms with Crippen LogP contribution < -0.4 is 10.1 Å². The van der Waals surface area contributed by atoms with E-state index in [4.69, 9.17) is 9.84 Å². The average molecular weight is 321 g/mol. The number of benzene rings is 1. The number of carboxylic acid groups (broad SMARTS) is 1. The molecule has 126 valence electrons. The lowest BCUT2D eigenvalue weighted by Gasteiger charge is -2.14. The summed E-state index contributed by atoms with van der Waals surface area (Å²) in [7, 11) is 0. The topological polar surface area (TPSA) is 92.7 Å². The van der Waals surface area contributed by atoms with Crippen molar-refractivity contribution in [3.05, 3.63) is 29.8 Å². The van der Waals surface area contributed by atoms with Crippen molar-refractivity contribution in [3.8, 4) is 5.75 Å². The Morgan fingerprint density at radius 2 is 1.96 bits per heavy atom. The van der Waals surface area contributed by atoms with Gasteiger partial charge in [-0.1, -0.05) is 19.8 Å². The summed E-state index contributed by atoms with van der Waals surface area (Å²) in [6.07, 6.45) is 3.54. The summed E-state index contributed by atoms with van der Waals surface area (Å²) < 4.78 is 5.46. The van der Waals surface area contributed by atoms with Gasteiger partial charge in [0.1, 0.15) is 18.1 Å². The monoisotopic (exact) mass is 321 g/mol. The Morgan fingerprint density at radius 3 is 2.52 bits per heavy atom. The predicted molar refractivity (Wildman–Crippen MR) is 85.7 cm³/mol. The number of ether oxygens (including phenoxy) is 1. The third-order valence-electron chi connectivity index (χ3n) is 3.31. The fraction of sp³-hybridized carbons (Fsp3) is 0.471. The maximum atomic E-state index is 11.7. The molecule has 0 aliphatic heterocycles. The van der Waals surface area contributed by atoms with Crippen molar-refractivity contribution in [1.29, 1.82) is 0 Å². The van der Waals surface area contributed by atoms with E-state index in [0.29, 0.717) is 30.8 Å². The highest BCUT2D eigenvalue weighted by Gasteiger charge is 2.18. The lowest BCUT2D eigenvalue weighted by molar-refractivity contribution is -0.142. The van der Waals surface area contributed by atoms with E-state index in [1.54, 1.807) is 24.3 Å². The molecule has 23 heavy (non-hydrogen) atoms. The van der Waals surface area contributed by atoms with Crippen LogP contribution in [-0.2, 0) is 9.59 Å². The van der Waals surface area contributed by atoms with Crippen molar-refractivity contribution in [2.24, 2.45) is 0 Å². The Morgan fingerprint density at radius 1 is 1.26 bits per heavy atom. The lowest BCUT2D eigenvalue weighted by atomic mass is 10.1. The van der Waals surface area contributed by atoms with Gasteiger partial charge in [-0.3, -0.25) is 9.59 Å². The van der Waals surface area contributed by atoms with Gasteiger partial charge < -0.3 is 15.2 Å². The average Bonchev–Trinajstić information content (AvgIpc) is 2.55. The zero-order valence-electron chi connectivity index (χ0n) is 13.3. The van der Waals surface area contributed by atoms with Gasteiger partial charge in [0, 0.05) is 12.0 Å². The van der Waals surface area contributed by atoms with Crippen LogP contribution in [0.2, 0.25) is 0 Å². The van der Waals surface area contributed by atoms with Crippen LogP contribution in [0.15, 0.2) is 24.3 Å². The first-order chi connectivity index (χ1) is 11.1. The smallest absolute Gasteiger partial charge is 0.326 e. The molecule has 0 aromatic heterocycles. The van der Waals surface area contributed by atoms with E-state index in [0.717, 1.165) is 19.1 Å². The van der Waals surface area contributed by atoms with E-state index in [1.807, 2.05) is 6.92 Å². The Labute approximate surface area is 135 Å². The minimum absolute atomic E-state index is 0.211. The maximum absolute atomic E-state index is 11.7. The Hall–Kier alpha value is -2.37. The van der Waals surface area contributed by atoms with Crippen LogP contribution in [0.25, 0.3) is 0 Å². The highest BCUT2D eigenvalue weighted by molar-refractivity contribution is 5.83. The first-order valence-electron chi connectivity index (χ1n) is 7.77. The number of hydrogen-bond donors (Lipinski definition) is 2. The normalized spacial score (nSPS) is 11.5. The molecule has 0 heterocycles. The maximum Gasteiger partial charge on any atom is 0.326 e. The Balaban J connectivity index is 2.26. The van der Waals surface area contributed by atoms with Crippen molar-refractivity contribution < 1.29 is 24.2 Å². The minimum Gasteiger partial charge on any atom is -0.494 e. The zero-order chi connectivity index (χ0) is 17.1. The molecule has 0 saturated carbocycles. The second-order valence-corrected chi connectivity index (χ2v) is 5.24. The van der Waals surface area contributed by atoms with Gasteiger partial charge in [-0.15, -0.1) is 0 Å². The van der Waals surface area contributed by atoms with Crippen molar-refractivity contribution in [3.63, 3.8) is 0 Å². The number of rotatable bonds is 11. The van der Waals surface area contributed by atoms with Gasteiger partial charge in [0.2, 0.25) is 5.91 Å². The molecule has 0 radical (unpaired) electrons. The van der Waals surface area contributed by atoms with Crippen LogP contribution in [-0.4, -0.2) is 35.9 Å². The first kappa shape index (κ1) is 18.7. The lowest BCUT2D eigenvalue weighted by Crippen LogP contribution is -2.40. The number of carbonyl (C=O) groups excluding carboxylic acids is 2. The fourth-order valence-electron chi connectivity index (χ4n) is 2.00. The number of nitrogens with one attached hydrogen (secondary N) is 1. The number of carbonyl (C=O) groups is 3. The van der Waals surface area contributed by atoms with Gasteiger partial charge in [-0.25, -0.2) is 4.79 Å². The van der Waals surface area contributed by atoms with Crippen LogP contribution in [0.3, 0.4) is 0 Å². The Bertz CT molecular complexity index is 512. The molecule has 1 unspecified atom stereocenters. The largest absolute Gasteiger partial charge is 0.494 e. The molecule has 0 saturated heterocycles. The predicted octanol–water partition coefficient (Wildman–Crippen LogP) is 2.42. The number of carboxylic acids is 1. The highest BCUT2D eigenvalue weighted by Crippen LogP contribution is 2.11. The number of aldehydes is 1. The van der Waals surface area contributed by atoms with Crippen LogP contribution in [0, 0.1) is 0 Å². The summed E-state index contributed by atoms with van der Waals surface area (Å²) in [4.78, 5) is 33.3. The van der Waals surface area contributed by atoms with Crippen molar-refractivity contribution in [2.45, 2.75) is 45.1 Å². The van der Waals surface area contributed by atoms with Crippen molar-refractivity contribution in [1.82, 2.24) is 5.32 Å². The molecular weight excluding hydrogens is 298 g/mol. The van der Waals surface area contributed by atoms with Crippen LogP contribution in [0.1, 0.15) is 49.4 Å². The molecule has 1 aromatic rings. The second-order valence-electron chi connectivity index (χ2n) is 5.24. The van der Waals surface area contributed by atoms with E-state index in [9.17, 15) is 14.4 Å². The van der Waals surface area contributed by atoms with E-state index in [-0.39, 0.29) is 12.3 Å². The van der Waals surface area contributed by atoms with Gasteiger partial charge in [-0.2, -0.15) is 0 Å². The molecule has 0 bridgehead atoms. The number of hydrogen-bond acceptors (Lipinski definition) is 4. The molecule has 2 N–H and O–H groups in total. The molecule has 6 heteroatoms. The summed E-state index contributed by atoms with van der Waals surface area (Å²) in [6.45, 7) is 2.32. The van der Waals surface area contributed by atoms with Crippen molar-refractivity contribution >= 4 is 18.2 Å². The second kappa shape index (κ2) is 10.4. The summed E-state index contributed by atoms with van der Waals surface area (Å²) in [6, 6.07) is 5.86. The SMILES string of the molecule is CCCCC(NC(=O)CCCOc1ccc(C=O)cc1)C(=O)O. The van der Waals surface area contributed by atoms with Crippen LogP contribution in [0.5, 0.6) is 5.75 Å². The quantitative estimate of drug-likeness (QED) is 0.482. The molecule has 1 aromatic carbocycles. The third kappa shape index (κ3) is 7.44. The van der Waals surface area contributed by atoms with Gasteiger partial charge >= 0.3 is 5.97 Å². The molecule has 1 rings (SSSR count). The minimum atomic E-state index is -1.00. The van der Waals surface area contributed by atoms with E-state index in [1.165, 1.54) is 0 Å². The third-order valence-corrected chi connectivity index (χ3v) is 3.31. The first-order valence-corrected chi connectivity index (χ1v) is 7.77. The van der Waals surface area contributed by atoms with Crippen LogP contribution >= 0.6 is 0 Å². The molecule has 0 aliphatic carbocycles. The fourth-order valence-corrected chi connectivity index (χ4v) is 2.00. The van der Waals surface area contributed by atoms with Gasteiger partial charge in [0.05, 0.1) is 6.61 Å². The van der Waals surface area contributed by atoms with Gasteiger partial charge in [0.15, 0.2) is 0 Å². The molecule has 1 atom stereocenters. The summed E-state index contributed by atoms with van der Waals surface area (Å²) in [5.41, 5.74) is 0.573. The molecule has 6 nitrogen and oxygen atoms in total. The highest BCUT2D eigenvalue weighted by atomic mass is 16.5. The summed E-state index contributed by atoms with van der Waals surface area (Å²) >= 11 is 0. The number of aliphatic carboxylic acids is 1. The molecule has 1 amide bonds. The molecule has 0 fully saturated rings. The number of unbranched alkanes of at least 4 members (excludes halogenated alkanes) is 1. The van der Waals surface area contributed by atoms with Gasteiger partial charge in [-0.05, 0) is 37.1 Å². The standard InChI is InChI=1S/C17H23NO5/c1-2-3-5-15(17(21)22)18-16(20)6-4-11-23-14-9-7-13(12-19)8-10-14/h7-10,12,15H,2-6,11H2,1H3,(H,18,20)(H,21,22). The Kier molecular flexibility index (Phi) is 8.42. The summed E-state index contributed by atoms with van der Waals surface area (Å²) in [5.74, 6) is -0.658. The van der Waals surface area contributed by atoms with Gasteiger partial charge in [0.25, 0.3) is 0 Å². The molecule has 0 spiro atoms. The summed E-state index contributed by atoms with van der Waals surface area (Å²) in [5, 5.41) is 11.6. The number of amides is 1. The van der Waals surface area contributed by atoms with Crippen LogP contribution in [0.4, 0.5) is 0 Å². The zero-order valence-corrected chi connectivity index (χ0v) is 13.3. The molecule has 0 aliphatic rings. The van der Waals surface area contributed by atoms with Crippen molar-refractivity contribution in [2.75, 3.05) is 6.61 Å². The molecular formula is C17H23NO5.